The van der Waals surface area contributed by atoms with Gasteiger partial charge in [-0.1, -0.05) is 19.8 Å². The quantitative estimate of drug-likeness (QED) is 0.644. The highest BCUT2D eigenvalue weighted by molar-refractivity contribution is 4.80. The van der Waals surface area contributed by atoms with Crippen molar-refractivity contribution in [3.63, 3.8) is 0 Å². The minimum Gasteiger partial charge on any atom is -0.392 e. The van der Waals surface area contributed by atoms with E-state index in [0.717, 1.165) is 25.8 Å². The fraction of sp³-hybridized carbons (Fsp3) is 1.00. The van der Waals surface area contributed by atoms with Crippen LogP contribution >= 0.6 is 0 Å². The van der Waals surface area contributed by atoms with Gasteiger partial charge in [0.2, 0.25) is 0 Å². The second-order valence-electron chi connectivity index (χ2n) is 3.41. The molecule has 0 saturated carbocycles. The van der Waals surface area contributed by atoms with Crippen molar-refractivity contribution in [2.24, 2.45) is 0 Å². The predicted octanol–water partition coefficient (Wildman–Crippen LogP) is 1.29. The summed E-state index contributed by atoms with van der Waals surface area (Å²) in [5.74, 6) is 0. The highest BCUT2D eigenvalue weighted by Gasteiger charge is 2.21. The molecule has 1 saturated heterocycles. The van der Waals surface area contributed by atoms with E-state index in [1.165, 1.54) is 12.8 Å². The van der Waals surface area contributed by atoms with Gasteiger partial charge in [-0.25, -0.2) is 0 Å². The van der Waals surface area contributed by atoms with Crippen LogP contribution in [-0.4, -0.2) is 23.8 Å². The number of unbranched alkanes of at least 4 members (excludes halogenated alkanes) is 1. The third kappa shape index (κ3) is 2.80. The predicted molar refractivity (Wildman–Crippen MR) is 46.6 cm³/mol. The minimum absolute atomic E-state index is 0.0996. The zero-order chi connectivity index (χ0) is 8.10. The summed E-state index contributed by atoms with van der Waals surface area (Å²) in [6, 6.07) is 0.390. The maximum atomic E-state index is 9.62. The van der Waals surface area contributed by atoms with Crippen LogP contribution in [0.15, 0.2) is 0 Å². The van der Waals surface area contributed by atoms with Crippen LogP contribution in [0.3, 0.4) is 0 Å². The Morgan fingerprint density at radius 2 is 2.45 bits per heavy atom. The van der Waals surface area contributed by atoms with Crippen LogP contribution in [0.25, 0.3) is 0 Å². The molecule has 1 rings (SSSR count). The van der Waals surface area contributed by atoms with Gasteiger partial charge in [-0.05, 0) is 25.8 Å². The summed E-state index contributed by atoms with van der Waals surface area (Å²) in [6.45, 7) is 3.25. The molecule has 1 heterocycles. The average molecular weight is 157 g/mol. The Balaban J connectivity index is 2.12. The molecular formula is C9H19NO. The lowest BCUT2D eigenvalue weighted by Gasteiger charge is -2.17. The molecule has 2 heteroatoms. The van der Waals surface area contributed by atoms with Crippen LogP contribution in [0.5, 0.6) is 0 Å². The topological polar surface area (TPSA) is 32.3 Å². The molecule has 0 amide bonds. The fourth-order valence-electron chi connectivity index (χ4n) is 1.65. The summed E-state index contributed by atoms with van der Waals surface area (Å²) in [6.07, 6.45) is 5.59. The molecule has 0 bridgehead atoms. The summed E-state index contributed by atoms with van der Waals surface area (Å²) in [4.78, 5) is 0. The number of hydrogen-bond acceptors (Lipinski definition) is 2. The molecule has 1 aliphatic heterocycles. The maximum absolute atomic E-state index is 9.62. The van der Waals surface area contributed by atoms with Crippen molar-refractivity contribution in [1.82, 2.24) is 5.32 Å². The lowest BCUT2D eigenvalue weighted by molar-refractivity contribution is 0.124. The van der Waals surface area contributed by atoms with Crippen molar-refractivity contribution in [3.8, 4) is 0 Å². The molecule has 0 spiro atoms. The minimum atomic E-state index is -0.0996. The monoisotopic (exact) mass is 157 g/mol. The average Bonchev–Trinajstić information content (AvgIpc) is 2.52. The molecule has 66 valence electrons. The van der Waals surface area contributed by atoms with E-state index in [4.69, 9.17) is 0 Å². The van der Waals surface area contributed by atoms with E-state index >= 15 is 0 Å². The SMILES string of the molecule is CCCC[C@H](O)[C@@H]1CCCN1. The molecular weight excluding hydrogens is 138 g/mol. The molecule has 0 aliphatic carbocycles. The Hall–Kier alpha value is -0.0800. The third-order valence-corrected chi connectivity index (χ3v) is 2.42. The Bertz CT molecular complexity index is 99.7. The molecule has 0 aromatic carbocycles. The molecule has 0 unspecified atom stereocenters. The molecule has 2 nitrogen and oxygen atoms in total. The number of aliphatic hydroxyl groups is 1. The van der Waals surface area contributed by atoms with Gasteiger partial charge in [0, 0.05) is 6.04 Å². The number of nitrogens with one attached hydrogen (secondary N) is 1. The molecule has 0 aromatic rings. The lowest BCUT2D eigenvalue weighted by atomic mass is 10.0. The van der Waals surface area contributed by atoms with Gasteiger partial charge in [0.15, 0.2) is 0 Å². The van der Waals surface area contributed by atoms with Crippen LogP contribution in [0.2, 0.25) is 0 Å². The molecule has 0 aromatic heterocycles. The van der Waals surface area contributed by atoms with Crippen molar-refractivity contribution in [2.45, 2.75) is 51.2 Å². The standard InChI is InChI=1S/C9H19NO/c1-2-3-6-9(11)8-5-4-7-10-8/h8-11H,2-7H2,1H3/t8-,9-/m0/s1. The van der Waals surface area contributed by atoms with E-state index in [0.29, 0.717) is 6.04 Å². The van der Waals surface area contributed by atoms with Crippen LogP contribution < -0.4 is 5.32 Å². The third-order valence-electron chi connectivity index (χ3n) is 2.42. The van der Waals surface area contributed by atoms with Gasteiger partial charge in [-0.3, -0.25) is 0 Å². The van der Waals surface area contributed by atoms with E-state index in [-0.39, 0.29) is 6.10 Å². The zero-order valence-corrected chi connectivity index (χ0v) is 7.34. The van der Waals surface area contributed by atoms with Crippen molar-refractivity contribution in [3.05, 3.63) is 0 Å². The first kappa shape index (κ1) is 9.01. The van der Waals surface area contributed by atoms with Gasteiger partial charge in [0.1, 0.15) is 0 Å². The number of aliphatic hydroxyl groups excluding tert-OH is 1. The first-order chi connectivity index (χ1) is 5.34. The Kier molecular flexibility index (Phi) is 3.87. The van der Waals surface area contributed by atoms with E-state index in [9.17, 15) is 5.11 Å². The summed E-state index contributed by atoms with van der Waals surface area (Å²) in [7, 11) is 0. The van der Waals surface area contributed by atoms with Crippen molar-refractivity contribution >= 4 is 0 Å². The second kappa shape index (κ2) is 4.73. The first-order valence-corrected chi connectivity index (χ1v) is 4.76. The van der Waals surface area contributed by atoms with Crippen LogP contribution in [0.4, 0.5) is 0 Å². The van der Waals surface area contributed by atoms with Crippen LogP contribution in [-0.2, 0) is 0 Å². The van der Waals surface area contributed by atoms with E-state index < -0.39 is 0 Å². The molecule has 1 aliphatic rings. The fourth-order valence-corrected chi connectivity index (χ4v) is 1.65. The smallest absolute Gasteiger partial charge is 0.0693 e. The van der Waals surface area contributed by atoms with Gasteiger partial charge in [0.25, 0.3) is 0 Å². The molecule has 1 fully saturated rings. The highest BCUT2D eigenvalue weighted by atomic mass is 16.3. The zero-order valence-electron chi connectivity index (χ0n) is 7.34. The Morgan fingerprint density at radius 3 is 3.00 bits per heavy atom. The largest absolute Gasteiger partial charge is 0.392 e. The summed E-state index contributed by atoms with van der Waals surface area (Å²) in [5, 5.41) is 12.9. The molecule has 2 N–H and O–H groups in total. The Morgan fingerprint density at radius 1 is 1.64 bits per heavy atom. The van der Waals surface area contributed by atoms with Gasteiger partial charge < -0.3 is 10.4 Å². The number of rotatable bonds is 4. The van der Waals surface area contributed by atoms with Crippen molar-refractivity contribution in [2.75, 3.05) is 6.54 Å². The van der Waals surface area contributed by atoms with Crippen LogP contribution in [0, 0.1) is 0 Å². The number of hydrogen-bond donors (Lipinski definition) is 2. The van der Waals surface area contributed by atoms with Crippen molar-refractivity contribution < 1.29 is 5.11 Å². The second-order valence-corrected chi connectivity index (χ2v) is 3.41. The van der Waals surface area contributed by atoms with E-state index in [1.54, 1.807) is 0 Å². The van der Waals surface area contributed by atoms with Gasteiger partial charge >= 0.3 is 0 Å². The van der Waals surface area contributed by atoms with E-state index in [2.05, 4.69) is 12.2 Å². The summed E-state index contributed by atoms with van der Waals surface area (Å²) < 4.78 is 0. The normalized spacial score (nSPS) is 27.3. The highest BCUT2D eigenvalue weighted by Crippen LogP contribution is 2.13. The molecule has 0 radical (unpaired) electrons. The molecule has 11 heavy (non-hydrogen) atoms. The van der Waals surface area contributed by atoms with Crippen LogP contribution in [0.1, 0.15) is 39.0 Å². The lowest BCUT2D eigenvalue weighted by Crippen LogP contribution is -2.34. The molecule has 2 atom stereocenters. The maximum Gasteiger partial charge on any atom is 0.0693 e. The Labute approximate surface area is 69.0 Å². The van der Waals surface area contributed by atoms with Gasteiger partial charge in [0.05, 0.1) is 6.10 Å². The summed E-state index contributed by atoms with van der Waals surface area (Å²) >= 11 is 0. The van der Waals surface area contributed by atoms with Gasteiger partial charge in [-0.2, -0.15) is 0 Å². The summed E-state index contributed by atoms with van der Waals surface area (Å²) in [5.41, 5.74) is 0. The van der Waals surface area contributed by atoms with Gasteiger partial charge in [-0.15, -0.1) is 0 Å². The first-order valence-electron chi connectivity index (χ1n) is 4.76. The van der Waals surface area contributed by atoms with E-state index in [1.807, 2.05) is 0 Å². The van der Waals surface area contributed by atoms with Crippen molar-refractivity contribution in [1.29, 1.82) is 0 Å².